The van der Waals surface area contributed by atoms with Crippen molar-refractivity contribution in [2.24, 2.45) is 5.92 Å². The van der Waals surface area contributed by atoms with Gasteiger partial charge in [0.1, 0.15) is 36.7 Å². The highest BCUT2D eigenvalue weighted by molar-refractivity contribution is 5.97. The monoisotopic (exact) mass is 994 g/mol. The summed E-state index contributed by atoms with van der Waals surface area (Å²) >= 11 is 0. The number of carboxylic acids is 4. The van der Waals surface area contributed by atoms with Crippen LogP contribution in [0.15, 0.2) is 48.8 Å². The Hall–Kier alpha value is -7.60. The summed E-state index contributed by atoms with van der Waals surface area (Å²) in [6, 6.07) is 6.10. The van der Waals surface area contributed by atoms with Crippen molar-refractivity contribution in [2.45, 2.75) is 110 Å². The molecule has 0 spiro atoms. The lowest BCUT2D eigenvalue weighted by atomic mass is 10.0. The molecule has 1 heterocycles. The quantitative estimate of drug-likeness (QED) is 0.0392. The van der Waals surface area contributed by atoms with E-state index < -0.39 is 115 Å². The Labute approximate surface area is 401 Å². The minimum Gasteiger partial charge on any atom is -0.542 e. The molecule has 0 bridgehead atoms. The van der Waals surface area contributed by atoms with Crippen molar-refractivity contribution in [1.29, 1.82) is 0 Å². The van der Waals surface area contributed by atoms with E-state index in [0.717, 1.165) is 31.1 Å². The molecule has 1 aromatic heterocycles. The average molecular weight is 995 g/mol. The molecule has 70 heavy (non-hydrogen) atoms. The van der Waals surface area contributed by atoms with Crippen molar-refractivity contribution in [3.63, 3.8) is 0 Å². The van der Waals surface area contributed by atoms with E-state index in [1.165, 1.54) is 19.5 Å². The highest BCUT2D eigenvalue weighted by Crippen LogP contribution is 2.17. The first kappa shape index (κ1) is 60.4. The molecule has 9 N–H and O–H groups in total. The van der Waals surface area contributed by atoms with E-state index in [0.29, 0.717) is 13.0 Å². The Morgan fingerprint density at radius 1 is 0.671 bits per heavy atom. The van der Waals surface area contributed by atoms with Crippen LogP contribution in [0.5, 0.6) is 0 Å². The number of nitrogens with one attached hydrogen (secondary N) is 6. The molecular formula is C45H61F3N8O14. The van der Waals surface area contributed by atoms with Crippen LogP contribution in [0.25, 0.3) is 12.2 Å². The van der Waals surface area contributed by atoms with Crippen molar-refractivity contribution in [3.8, 4) is 0 Å². The lowest BCUT2D eigenvalue weighted by Gasteiger charge is -2.27. The van der Waals surface area contributed by atoms with Gasteiger partial charge in [-0.25, -0.2) is 4.57 Å². The number of alkyl halides is 3. The molecule has 1 aromatic carbocycles. The van der Waals surface area contributed by atoms with Gasteiger partial charge >= 0.3 is 24.1 Å². The normalized spacial score (nSPS) is 12.7. The zero-order valence-electron chi connectivity index (χ0n) is 39.3. The van der Waals surface area contributed by atoms with E-state index in [9.17, 15) is 66.5 Å². The largest absolute Gasteiger partial charge is 0.542 e. The molecule has 0 aliphatic heterocycles. The van der Waals surface area contributed by atoms with E-state index in [2.05, 4.69) is 74.9 Å². The smallest absolute Gasteiger partial charge is 0.430 e. The topological polar surface area (TPSA) is 334 Å². The molecule has 0 aliphatic rings. The van der Waals surface area contributed by atoms with Crippen molar-refractivity contribution in [3.05, 3.63) is 59.9 Å². The van der Waals surface area contributed by atoms with Gasteiger partial charge in [-0.05, 0) is 49.4 Å². The molecule has 0 radical (unpaired) electrons. The van der Waals surface area contributed by atoms with E-state index in [1.807, 2.05) is 41.2 Å². The van der Waals surface area contributed by atoms with Crippen LogP contribution in [0.4, 0.5) is 18.9 Å². The average Bonchev–Trinajstić information content (AvgIpc) is 3.27. The Morgan fingerprint density at radius 3 is 1.63 bits per heavy atom. The van der Waals surface area contributed by atoms with Crippen molar-refractivity contribution in [2.75, 3.05) is 31.1 Å². The number of hydrogen-bond acceptors (Lipinski definition) is 12. The number of amides is 6. The molecule has 2 aromatic rings. The molecule has 0 saturated heterocycles. The Morgan fingerprint density at radius 2 is 1.16 bits per heavy atom. The molecule has 4 atom stereocenters. The number of halogens is 3. The van der Waals surface area contributed by atoms with E-state index >= 15 is 0 Å². The summed E-state index contributed by atoms with van der Waals surface area (Å²) in [5.74, 6) is -12.9. The standard InChI is InChI=1S/C43H60N8O12.C2HF3O2/c1-6-51(7-2)31-14-12-29(13-15-31)10-11-30-18-23-50(24-19-30)22-8-9-35(53)44-20-21-45-40(60)33(25-37(56)57)48-43(63)39(27(3)4)49-41(61)32(16-17-36(54)55)47-42(62)34(26-38(58)59)46-28(5)52;3-2(4,5)1(6)7/h10-15,18-19,23-24,27,32-34,39H,6-9,16-17,20-22,25-26H2,1-5H3,(H8-,44,45,46,47,48,49,52,53,54,55,56,57,58,59,60,61,62,63);(H,6,7)/t32-,33-,34-,39-;/m1./s1. The van der Waals surface area contributed by atoms with Gasteiger partial charge < -0.3 is 62.0 Å². The molecule has 22 nitrogen and oxygen atoms in total. The summed E-state index contributed by atoms with van der Waals surface area (Å²) in [5, 5.41) is 50.8. The van der Waals surface area contributed by atoms with E-state index in [4.69, 9.17) is 15.0 Å². The lowest BCUT2D eigenvalue weighted by Crippen LogP contribution is -2.59. The van der Waals surface area contributed by atoms with Gasteiger partial charge in [-0.15, -0.1) is 0 Å². The third kappa shape index (κ3) is 24.4. The van der Waals surface area contributed by atoms with Gasteiger partial charge in [-0.1, -0.05) is 38.1 Å². The fraction of sp³-hybridized carbons (Fsp3) is 0.489. The molecule has 0 aliphatic carbocycles. The van der Waals surface area contributed by atoms with Crippen LogP contribution < -0.4 is 46.5 Å². The number of aryl methyl sites for hydroxylation is 1. The minimum absolute atomic E-state index is 0.00800. The third-order valence-corrected chi connectivity index (χ3v) is 9.82. The van der Waals surface area contributed by atoms with Crippen LogP contribution in [0, 0.1) is 5.92 Å². The van der Waals surface area contributed by atoms with Gasteiger partial charge in [0.15, 0.2) is 12.4 Å². The summed E-state index contributed by atoms with van der Waals surface area (Å²) in [6.07, 6.45) is 0.672. The van der Waals surface area contributed by atoms with E-state index in [1.54, 1.807) is 0 Å². The fourth-order valence-electron chi connectivity index (χ4n) is 6.20. The molecule has 25 heteroatoms. The number of carbonyl (C=O) groups excluding carboxylic acids is 7. The summed E-state index contributed by atoms with van der Waals surface area (Å²) in [6.45, 7) is 10.7. The zero-order chi connectivity index (χ0) is 53.1. The third-order valence-electron chi connectivity index (χ3n) is 9.82. The number of carboxylic acid groups (broad SMARTS) is 4. The van der Waals surface area contributed by atoms with E-state index in [-0.39, 0.29) is 25.4 Å². The number of aromatic nitrogens is 1. The summed E-state index contributed by atoms with van der Waals surface area (Å²) in [4.78, 5) is 122. The summed E-state index contributed by atoms with van der Waals surface area (Å²) in [7, 11) is 0. The number of carbonyl (C=O) groups is 10. The molecular weight excluding hydrogens is 934 g/mol. The highest BCUT2D eigenvalue weighted by atomic mass is 19.4. The van der Waals surface area contributed by atoms with Gasteiger partial charge in [-0.3, -0.25) is 43.2 Å². The Balaban J connectivity index is 0.00000323. The Bertz CT molecular complexity index is 2120. The van der Waals surface area contributed by atoms with Gasteiger partial charge in [0.2, 0.25) is 35.4 Å². The number of benzene rings is 1. The number of pyridine rings is 1. The number of rotatable bonds is 28. The van der Waals surface area contributed by atoms with Crippen molar-refractivity contribution < 1.29 is 86.1 Å². The summed E-state index contributed by atoms with van der Waals surface area (Å²) in [5.41, 5.74) is 3.29. The SMILES string of the molecule is CCN(CC)c1ccc(C=Cc2cc[n+](CCCC(=O)NCCNC(=O)[C@@H](CC(=O)O)NC(=O)[C@H](NC(=O)[C@@H](CCC(=O)O)NC(=O)[C@@H](CC(=O)O)NC(C)=O)C(C)C)cc2)cc1.O=C([O-])C(F)(F)F. The maximum absolute atomic E-state index is 13.4. The zero-order valence-corrected chi connectivity index (χ0v) is 39.3. The first-order valence-electron chi connectivity index (χ1n) is 22.0. The van der Waals surface area contributed by atoms with Crippen LogP contribution in [-0.4, -0.2) is 131 Å². The van der Waals surface area contributed by atoms with Crippen LogP contribution in [0.3, 0.4) is 0 Å². The second kappa shape index (κ2) is 30.7. The van der Waals surface area contributed by atoms with Crippen molar-refractivity contribution in [1.82, 2.24) is 31.9 Å². The second-order valence-corrected chi connectivity index (χ2v) is 15.7. The van der Waals surface area contributed by atoms with Gasteiger partial charge in [0, 0.05) is 70.2 Å². The molecule has 0 unspecified atom stereocenters. The molecule has 2 rings (SSSR count). The molecule has 6 amide bonds. The number of anilines is 1. The predicted molar refractivity (Wildman–Crippen MR) is 241 cm³/mol. The van der Waals surface area contributed by atoms with Gasteiger partial charge in [0.25, 0.3) is 0 Å². The van der Waals surface area contributed by atoms with Crippen LogP contribution in [0.2, 0.25) is 0 Å². The number of hydrogen-bond donors (Lipinski definition) is 9. The number of nitrogens with zero attached hydrogens (tertiary/aromatic N) is 2. The Kier molecular flexibility index (Phi) is 26.5. The summed E-state index contributed by atoms with van der Waals surface area (Å²) < 4.78 is 33.5. The van der Waals surface area contributed by atoms with Crippen LogP contribution in [0.1, 0.15) is 84.3 Å². The fourth-order valence-corrected chi connectivity index (χ4v) is 6.20. The molecule has 0 fully saturated rings. The second-order valence-electron chi connectivity index (χ2n) is 15.7. The molecule has 0 saturated carbocycles. The first-order chi connectivity index (χ1) is 32.8. The van der Waals surface area contributed by atoms with Crippen LogP contribution >= 0.6 is 0 Å². The predicted octanol–water partition coefficient (Wildman–Crippen LogP) is -0.269. The highest BCUT2D eigenvalue weighted by Gasteiger charge is 2.34. The first-order valence-corrected chi connectivity index (χ1v) is 22.0. The minimum atomic E-state index is -5.19. The lowest BCUT2D eigenvalue weighted by molar-refractivity contribution is -0.697. The maximum atomic E-state index is 13.4. The number of aliphatic carboxylic acids is 4. The van der Waals surface area contributed by atoms with Crippen LogP contribution in [-0.2, 0) is 54.5 Å². The van der Waals surface area contributed by atoms with Gasteiger partial charge in [0.05, 0.1) is 12.8 Å². The maximum Gasteiger partial charge on any atom is 0.430 e. The van der Waals surface area contributed by atoms with Crippen molar-refractivity contribution >= 4 is 77.2 Å². The van der Waals surface area contributed by atoms with Gasteiger partial charge in [-0.2, -0.15) is 13.2 Å². The molecule has 386 valence electrons.